The molecular formula is C19H15Cl2N3O3S2. The fourth-order valence-electron chi connectivity index (χ4n) is 2.20. The highest BCUT2D eigenvalue weighted by molar-refractivity contribution is 8.01. The third kappa shape index (κ3) is 6.43. The van der Waals surface area contributed by atoms with Crippen molar-refractivity contribution >= 4 is 63.7 Å². The van der Waals surface area contributed by atoms with Gasteiger partial charge in [0.25, 0.3) is 0 Å². The van der Waals surface area contributed by atoms with Crippen LogP contribution >= 0.6 is 46.3 Å². The van der Waals surface area contributed by atoms with E-state index in [2.05, 4.69) is 15.5 Å². The Balaban J connectivity index is 1.47. The molecule has 1 N–H and O–H groups in total. The summed E-state index contributed by atoms with van der Waals surface area (Å²) in [4.78, 5) is 23.4. The molecule has 0 saturated heterocycles. The maximum atomic E-state index is 12.1. The lowest BCUT2D eigenvalue weighted by atomic mass is 10.1. The molecule has 3 aromatic rings. The molecule has 2 aromatic carbocycles. The third-order valence-corrected chi connectivity index (χ3v) is 6.16. The van der Waals surface area contributed by atoms with Crippen LogP contribution in [0, 0.1) is 0 Å². The summed E-state index contributed by atoms with van der Waals surface area (Å²) < 4.78 is 6.29. The van der Waals surface area contributed by atoms with Crippen LogP contribution in [0.3, 0.4) is 0 Å². The third-order valence-electron chi connectivity index (χ3n) is 3.60. The highest BCUT2D eigenvalue weighted by Crippen LogP contribution is 2.29. The second-order valence-electron chi connectivity index (χ2n) is 5.80. The molecule has 0 spiro atoms. The summed E-state index contributed by atoms with van der Waals surface area (Å²) >= 11 is 14.6. The first kappa shape index (κ1) is 21.6. The molecule has 0 saturated carbocycles. The van der Waals surface area contributed by atoms with E-state index in [9.17, 15) is 9.59 Å². The molecule has 150 valence electrons. The molecule has 29 heavy (non-hydrogen) atoms. The second-order valence-corrected chi connectivity index (χ2v) is 8.92. The maximum absolute atomic E-state index is 12.1. The summed E-state index contributed by atoms with van der Waals surface area (Å²) in [5.74, 6) is 0.502. The van der Waals surface area contributed by atoms with Crippen LogP contribution in [0.25, 0.3) is 0 Å². The Kier molecular flexibility index (Phi) is 7.49. The van der Waals surface area contributed by atoms with Crippen molar-refractivity contribution in [3.8, 4) is 5.75 Å². The quantitative estimate of drug-likeness (QED) is 0.354. The van der Waals surface area contributed by atoms with Crippen molar-refractivity contribution in [2.75, 3.05) is 11.1 Å². The van der Waals surface area contributed by atoms with Gasteiger partial charge >= 0.3 is 0 Å². The zero-order chi connectivity index (χ0) is 20.8. The number of carbonyl (C=O) groups excluding carboxylic acids is 2. The van der Waals surface area contributed by atoms with Crippen LogP contribution in [0.1, 0.15) is 22.3 Å². The van der Waals surface area contributed by atoms with Gasteiger partial charge in [-0.05, 0) is 49.4 Å². The normalized spacial score (nSPS) is 10.6. The number of rotatable bonds is 8. The molecule has 0 radical (unpaired) electrons. The molecule has 6 nitrogen and oxygen atoms in total. The summed E-state index contributed by atoms with van der Waals surface area (Å²) in [5, 5.41) is 12.5. The second kappa shape index (κ2) is 10.1. The Morgan fingerprint density at radius 3 is 2.59 bits per heavy atom. The van der Waals surface area contributed by atoms with E-state index in [1.54, 1.807) is 42.5 Å². The number of amides is 1. The average molecular weight is 468 g/mol. The van der Waals surface area contributed by atoms with Crippen molar-refractivity contribution in [2.45, 2.75) is 17.9 Å². The number of nitrogens with one attached hydrogen (secondary N) is 1. The number of ether oxygens (including phenoxy) is 1. The van der Waals surface area contributed by atoms with E-state index in [0.717, 1.165) is 0 Å². The molecule has 0 aliphatic carbocycles. The van der Waals surface area contributed by atoms with E-state index in [0.29, 0.717) is 36.4 Å². The minimum atomic E-state index is -0.175. The number of aromatic nitrogens is 2. The van der Waals surface area contributed by atoms with Gasteiger partial charge in [-0.15, -0.1) is 10.2 Å². The number of hydrogen-bond donors (Lipinski definition) is 1. The van der Waals surface area contributed by atoms with E-state index in [1.807, 2.05) is 0 Å². The van der Waals surface area contributed by atoms with Crippen molar-refractivity contribution in [2.24, 2.45) is 0 Å². The lowest BCUT2D eigenvalue weighted by Crippen LogP contribution is -2.14. The number of hydrogen-bond acceptors (Lipinski definition) is 7. The number of carbonyl (C=O) groups is 2. The lowest BCUT2D eigenvalue weighted by Gasteiger charge is -2.05. The highest BCUT2D eigenvalue weighted by atomic mass is 35.5. The first-order valence-corrected chi connectivity index (χ1v) is 10.9. The topological polar surface area (TPSA) is 81.2 Å². The van der Waals surface area contributed by atoms with E-state index in [1.165, 1.54) is 30.0 Å². The van der Waals surface area contributed by atoms with Gasteiger partial charge in [0.15, 0.2) is 15.1 Å². The van der Waals surface area contributed by atoms with Crippen LogP contribution in [0.15, 0.2) is 46.8 Å². The zero-order valence-electron chi connectivity index (χ0n) is 15.1. The molecule has 1 heterocycles. The van der Waals surface area contributed by atoms with Crippen LogP contribution in [0.2, 0.25) is 10.0 Å². The summed E-state index contributed by atoms with van der Waals surface area (Å²) in [5.41, 5.74) is 1.23. The largest absolute Gasteiger partial charge is 0.485 e. The van der Waals surface area contributed by atoms with Gasteiger partial charge < -0.3 is 10.1 Å². The van der Waals surface area contributed by atoms with Crippen LogP contribution in [-0.2, 0) is 11.4 Å². The lowest BCUT2D eigenvalue weighted by molar-refractivity contribution is -0.113. The molecule has 10 heteroatoms. The molecule has 0 unspecified atom stereocenters. The van der Waals surface area contributed by atoms with Crippen LogP contribution < -0.4 is 10.1 Å². The van der Waals surface area contributed by atoms with Gasteiger partial charge in [0.05, 0.1) is 10.8 Å². The maximum Gasteiger partial charge on any atom is 0.234 e. The molecule has 1 aromatic heterocycles. The Labute approximate surface area is 185 Å². The van der Waals surface area contributed by atoms with Crippen molar-refractivity contribution in [1.29, 1.82) is 0 Å². The van der Waals surface area contributed by atoms with Gasteiger partial charge in [-0.25, -0.2) is 0 Å². The fraction of sp³-hybridized carbons (Fsp3) is 0.158. The molecule has 0 atom stereocenters. The highest BCUT2D eigenvalue weighted by Gasteiger charge is 2.10. The van der Waals surface area contributed by atoms with Crippen LogP contribution in [0.4, 0.5) is 5.69 Å². The molecule has 1 amide bonds. The van der Waals surface area contributed by atoms with Gasteiger partial charge in [0.2, 0.25) is 5.91 Å². The number of benzene rings is 2. The summed E-state index contributed by atoms with van der Waals surface area (Å²) in [6.07, 6.45) is 0. The summed E-state index contributed by atoms with van der Waals surface area (Å²) in [7, 11) is 0. The Morgan fingerprint density at radius 1 is 1.14 bits per heavy atom. The molecule has 3 rings (SSSR count). The van der Waals surface area contributed by atoms with E-state index >= 15 is 0 Å². The summed E-state index contributed by atoms with van der Waals surface area (Å²) in [6, 6.07) is 11.7. The first-order valence-electron chi connectivity index (χ1n) is 8.34. The van der Waals surface area contributed by atoms with E-state index < -0.39 is 0 Å². The monoisotopic (exact) mass is 467 g/mol. The smallest absolute Gasteiger partial charge is 0.234 e. The number of anilines is 1. The molecule has 0 fully saturated rings. The number of ketones is 1. The average Bonchev–Trinajstić information content (AvgIpc) is 3.14. The van der Waals surface area contributed by atoms with E-state index in [-0.39, 0.29) is 24.1 Å². The van der Waals surface area contributed by atoms with Crippen molar-refractivity contribution in [3.05, 3.63) is 63.1 Å². The Bertz CT molecular complexity index is 1030. The number of halogens is 2. The number of nitrogens with zero attached hydrogens (tertiary/aromatic N) is 2. The number of thioether (sulfide) groups is 1. The fourth-order valence-corrected chi connectivity index (χ4v) is 4.27. The van der Waals surface area contributed by atoms with Crippen LogP contribution in [0.5, 0.6) is 5.75 Å². The first-order chi connectivity index (χ1) is 13.9. The molecular weight excluding hydrogens is 453 g/mol. The minimum absolute atomic E-state index is 0.0205. The zero-order valence-corrected chi connectivity index (χ0v) is 18.3. The predicted octanol–water partition coefficient (Wildman–Crippen LogP) is 5.36. The van der Waals surface area contributed by atoms with Gasteiger partial charge in [-0.3, -0.25) is 9.59 Å². The van der Waals surface area contributed by atoms with Gasteiger partial charge in [-0.1, -0.05) is 46.3 Å². The molecule has 0 aliphatic heterocycles. The standard InChI is InChI=1S/C19H15Cl2N3O3S2/c1-11(25)12-2-5-14(6-3-12)22-17(26)10-28-19-24-23-18(29-19)9-27-16-7-4-13(20)8-15(16)21/h2-8H,9-10H2,1H3,(H,22,26). The van der Waals surface area contributed by atoms with Crippen molar-refractivity contribution < 1.29 is 14.3 Å². The molecule has 0 bridgehead atoms. The minimum Gasteiger partial charge on any atom is -0.485 e. The Hall–Kier alpha value is -2.13. The number of Topliss-reactive ketones (excluding diaryl/α,β-unsaturated/α-hetero) is 1. The van der Waals surface area contributed by atoms with Gasteiger partial charge in [0.1, 0.15) is 12.4 Å². The van der Waals surface area contributed by atoms with Gasteiger partial charge in [0, 0.05) is 16.3 Å². The molecule has 0 aliphatic rings. The van der Waals surface area contributed by atoms with E-state index in [4.69, 9.17) is 27.9 Å². The van der Waals surface area contributed by atoms with Gasteiger partial charge in [-0.2, -0.15) is 0 Å². The predicted molar refractivity (Wildman–Crippen MR) is 117 cm³/mol. The van der Waals surface area contributed by atoms with Crippen molar-refractivity contribution in [3.63, 3.8) is 0 Å². The Morgan fingerprint density at radius 2 is 1.90 bits per heavy atom. The van der Waals surface area contributed by atoms with Crippen LogP contribution in [-0.4, -0.2) is 27.6 Å². The van der Waals surface area contributed by atoms with Crippen molar-refractivity contribution in [1.82, 2.24) is 10.2 Å². The summed E-state index contributed by atoms with van der Waals surface area (Å²) in [6.45, 7) is 1.71. The SMILES string of the molecule is CC(=O)c1ccc(NC(=O)CSc2nnc(COc3ccc(Cl)cc3Cl)s2)cc1.